The number of hydrogen-bond donors (Lipinski definition) is 3. The third-order valence-corrected chi connectivity index (χ3v) is 7.80. The highest BCUT2D eigenvalue weighted by Crippen LogP contribution is 2.35. The van der Waals surface area contributed by atoms with Crippen LogP contribution in [0, 0.1) is 0 Å². The number of carbonyl (C=O) groups excluding carboxylic acids is 1. The van der Waals surface area contributed by atoms with Crippen molar-refractivity contribution in [2.24, 2.45) is 0 Å². The number of benzene rings is 4. The van der Waals surface area contributed by atoms with Gasteiger partial charge in [0.05, 0.1) is 22.8 Å². The monoisotopic (exact) mass is 558 g/mol. The lowest BCUT2D eigenvalue weighted by Gasteiger charge is -2.09. The molecule has 0 saturated carbocycles. The molecule has 2 aliphatic rings. The van der Waals surface area contributed by atoms with Crippen LogP contribution in [0.15, 0.2) is 145 Å². The Morgan fingerprint density at radius 3 is 1.72 bits per heavy atom. The van der Waals surface area contributed by atoms with Crippen molar-refractivity contribution >= 4 is 17.2 Å². The third kappa shape index (κ3) is 5.24. The Balaban J connectivity index is 1.28. The maximum Gasteiger partial charge on any atom is 0.178 e. The van der Waals surface area contributed by atoms with Gasteiger partial charge in [-0.25, -0.2) is 4.98 Å². The van der Waals surface area contributed by atoms with Crippen molar-refractivity contribution in [2.45, 2.75) is 13.3 Å². The van der Waals surface area contributed by atoms with Crippen LogP contribution in [-0.4, -0.2) is 15.8 Å². The molecular weight excluding hydrogens is 528 g/mol. The number of aryl methyl sites for hydroxylation is 1. The van der Waals surface area contributed by atoms with Crippen LogP contribution in [0.2, 0.25) is 0 Å². The number of aromatic nitrogens is 2. The molecule has 208 valence electrons. The van der Waals surface area contributed by atoms with Crippen LogP contribution in [0.1, 0.15) is 23.6 Å². The number of ketones is 1. The molecule has 1 aromatic heterocycles. The van der Waals surface area contributed by atoms with Crippen molar-refractivity contribution in [2.75, 3.05) is 0 Å². The second kappa shape index (κ2) is 11.3. The molecule has 0 radical (unpaired) electrons. The highest BCUT2D eigenvalue weighted by atomic mass is 16.1. The molecule has 0 fully saturated rings. The van der Waals surface area contributed by atoms with Crippen LogP contribution < -0.4 is 10.6 Å². The van der Waals surface area contributed by atoms with Gasteiger partial charge in [-0.1, -0.05) is 116 Å². The molecule has 0 saturated heterocycles. The normalized spacial score (nSPS) is 14.3. The van der Waals surface area contributed by atoms with Gasteiger partial charge in [0.15, 0.2) is 5.78 Å². The Kier molecular flexibility index (Phi) is 6.89. The highest BCUT2D eigenvalue weighted by molar-refractivity contribution is 6.02. The van der Waals surface area contributed by atoms with E-state index in [0.29, 0.717) is 0 Å². The summed E-state index contributed by atoms with van der Waals surface area (Å²) < 4.78 is 0. The predicted octanol–water partition coefficient (Wildman–Crippen LogP) is 7.90. The summed E-state index contributed by atoms with van der Waals surface area (Å²) in [5.74, 6) is 1.68. The van der Waals surface area contributed by atoms with E-state index in [1.807, 2.05) is 48.6 Å². The Hall–Kier alpha value is -5.68. The smallest absolute Gasteiger partial charge is 0.178 e. The van der Waals surface area contributed by atoms with Crippen LogP contribution in [0.25, 0.3) is 45.3 Å². The molecule has 4 aromatic carbocycles. The van der Waals surface area contributed by atoms with Gasteiger partial charge in [0.1, 0.15) is 11.6 Å². The number of hydrogen-bond acceptors (Lipinski definition) is 4. The van der Waals surface area contributed by atoms with E-state index >= 15 is 0 Å². The van der Waals surface area contributed by atoms with E-state index in [-0.39, 0.29) is 5.78 Å². The molecule has 5 aromatic rings. The summed E-state index contributed by atoms with van der Waals surface area (Å²) in [6, 6.07) is 37.7. The summed E-state index contributed by atoms with van der Waals surface area (Å²) in [6.07, 6.45) is 7.85. The van der Waals surface area contributed by atoms with Gasteiger partial charge in [-0.15, -0.1) is 0 Å². The molecular formula is C38H30N4O. The first kappa shape index (κ1) is 26.2. The van der Waals surface area contributed by atoms with E-state index in [2.05, 4.69) is 95.3 Å². The van der Waals surface area contributed by atoms with E-state index in [9.17, 15) is 4.79 Å². The van der Waals surface area contributed by atoms with Crippen LogP contribution in [-0.2, 0) is 11.2 Å². The zero-order valence-corrected chi connectivity index (χ0v) is 23.8. The van der Waals surface area contributed by atoms with E-state index in [1.165, 1.54) is 5.56 Å². The highest BCUT2D eigenvalue weighted by Gasteiger charge is 2.23. The Bertz CT molecular complexity index is 1910. The zero-order valence-electron chi connectivity index (χ0n) is 23.8. The van der Waals surface area contributed by atoms with Gasteiger partial charge < -0.3 is 15.6 Å². The van der Waals surface area contributed by atoms with Crippen molar-refractivity contribution in [1.29, 1.82) is 0 Å². The molecule has 2 heterocycles. The summed E-state index contributed by atoms with van der Waals surface area (Å²) in [5.41, 5.74) is 11.4. The predicted molar refractivity (Wildman–Crippen MR) is 174 cm³/mol. The fourth-order valence-electron chi connectivity index (χ4n) is 5.44. The van der Waals surface area contributed by atoms with Gasteiger partial charge in [0, 0.05) is 33.4 Å². The second-order valence-corrected chi connectivity index (χ2v) is 10.6. The lowest BCUT2D eigenvalue weighted by atomic mass is 10.0. The first-order valence-electron chi connectivity index (χ1n) is 14.5. The minimum atomic E-state index is -0.00999. The number of imidazole rings is 1. The maximum atomic E-state index is 11.7. The molecule has 0 spiro atoms. The molecule has 7 rings (SSSR count). The minimum absolute atomic E-state index is 0.00999. The lowest BCUT2D eigenvalue weighted by Crippen LogP contribution is -2.16. The summed E-state index contributed by atoms with van der Waals surface area (Å²) in [7, 11) is 0. The molecule has 0 amide bonds. The number of carbonyl (C=O) groups is 1. The zero-order chi connectivity index (χ0) is 29.2. The average Bonchev–Trinajstić information content (AvgIpc) is 3.72. The Morgan fingerprint density at radius 2 is 1.12 bits per heavy atom. The standard InChI is InChI=1S/C38H30N4O/c1-2-25-13-15-30(16-14-25)37-39-33(26-9-5-3-6-10-26)35(41-37)28-17-19-29(20-18-28)36-34(27-11-7-4-8-12-27)40-38(42-36)31-21-23-32(43)24-22-31/h3-24,40,42H,2H2,1H3,(H,39,41). The van der Waals surface area contributed by atoms with Crippen LogP contribution in [0.4, 0.5) is 0 Å². The quantitative estimate of drug-likeness (QED) is 0.198. The van der Waals surface area contributed by atoms with Crippen LogP contribution in [0.3, 0.4) is 0 Å². The van der Waals surface area contributed by atoms with Gasteiger partial charge in [0.2, 0.25) is 0 Å². The lowest BCUT2D eigenvalue weighted by molar-refractivity contribution is -0.110. The van der Waals surface area contributed by atoms with Gasteiger partial charge in [0.25, 0.3) is 0 Å². The molecule has 5 heteroatoms. The molecule has 0 atom stereocenters. The Labute approximate surface area is 251 Å². The van der Waals surface area contributed by atoms with Crippen molar-refractivity contribution in [1.82, 2.24) is 20.6 Å². The summed E-state index contributed by atoms with van der Waals surface area (Å²) in [4.78, 5) is 20.4. The number of rotatable bonds is 6. The van der Waals surface area contributed by atoms with E-state index in [0.717, 1.165) is 74.2 Å². The van der Waals surface area contributed by atoms with Crippen molar-refractivity contribution in [3.05, 3.63) is 162 Å². The average molecular weight is 559 g/mol. The van der Waals surface area contributed by atoms with E-state index in [1.54, 1.807) is 12.2 Å². The number of H-pyrrole nitrogens is 1. The first-order chi connectivity index (χ1) is 21.2. The number of allylic oxidation sites excluding steroid dienone is 5. The number of nitrogens with zero attached hydrogens (tertiary/aromatic N) is 1. The number of nitrogens with one attached hydrogen (secondary N) is 3. The molecule has 3 N–H and O–H groups in total. The van der Waals surface area contributed by atoms with E-state index < -0.39 is 0 Å². The summed E-state index contributed by atoms with van der Waals surface area (Å²) in [6.45, 7) is 2.16. The molecule has 5 nitrogen and oxygen atoms in total. The third-order valence-electron chi connectivity index (χ3n) is 7.80. The second-order valence-electron chi connectivity index (χ2n) is 10.6. The van der Waals surface area contributed by atoms with Gasteiger partial charge >= 0.3 is 0 Å². The molecule has 0 bridgehead atoms. The minimum Gasteiger partial charge on any atom is -0.339 e. The van der Waals surface area contributed by atoms with Gasteiger partial charge in [-0.3, -0.25) is 4.79 Å². The van der Waals surface area contributed by atoms with Crippen molar-refractivity contribution in [3.8, 4) is 33.9 Å². The molecule has 0 unspecified atom stereocenters. The first-order valence-corrected chi connectivity index (χ1v) is 14.5. The van der Waals surface area contributed by atoms with Gasteiger partial charge in [-0.05, 0) is 36.3 Å². The van der Waals surface area contributed by atoms with Gasteiger partial charge in [-0.2, -0.15) is 0 Å². The van der Waals surface area contributed by atoms with Crippen molar-refractivity contribution in [3.63, 3.8) is 0 Å². The topological polar surface area (TPSA) is 69.8 Å². The van der Waals surface area contributed by atoms with Crippen molar-refractivity contribution < 1.29 is 4.79 Å². The maximum absolute atomic E-state index is 11.7. The largest absolute Gasteiger partial charge is 0.339 e. The van der Waals surface area contributed by atoms with Crippen LogP contribution in [0.5, 0.6) is 0 Å². The summed E-state index contributed by atoms with van der Waals surface area (Å²) >= 11 is 0. The fourth-order valence-corrected chi connectivity index (χ4v) is 5.44. The summed E-state index contributed by atoms with van der Waals surface area (Å²) in [5, 5.41) is 7.15. The number of aromatic amines is 1. The van der Waals surface area contributed by atoms with Crippen LogP contribution >= 0.6 is 0 Å². The van der Waals surface area contributed by atoms with E-state index in [4.69, 9.17) is 4.98 Å². The molecule has 43 heavy (non-hydrogen) atoms. The Morgan fingerprint density at radius 1 is 0.581 bits per heavy atom. The SMILES string of the molecule is CCc1ccc(-c2nc(-c3ccccc3)c(-c3ccc(C4=C(c5ccccc5)NC(=C5C=CC(=O)C=C5)N4)cc3)[nH]2)cc1. The molecule has 1 aliphatic carbocycles. The fraction of sp³-hybridized carbons (Fsp3) is 0.0526. The molecule has 1 aliphatic heterocycles.